The van der Waals surface area contributed by atoms with Crippen molar-refractivity contribution in [3.05, 3.63) is 53.2 Å². The Morgan fingerprint density at radius 1 is 1.21 bits per heavy atom. The van der Waals surface area contributed by atoms with Crippen molar-refractivity contribution in [1.29, 1.82) is 0 Å². The first-order valence-corrected chi connectivity index (χ1v) is 10.3. The number of nitrogens with one attached hydrogen (secondary N) is 1. The van der Waals surface area contributed by atoms with Crippen molar-refractivity contribution in [3.63, 3.8) is 0 Å². The lowest BCUT2D eigenvalue weighted by molar-refractivity contribution is 0.169. The minimum Gasteiger partial charge on any atom is -0.364 e. The first-order chi connectivity index (χ1) is 13.3. The average Bonchev–Trinajstić information content (AvgIpc) is 3.36. The molecule has 0 radical (unpaired) electrons. The minimum absolute atomic E-state index is 0. The first-order valence-electron chi connectivity index (χ1n) is 9.43. The van der Waals surface area contributed by atoms with Crippen LogP contribution >= 0.6 is 35.3 Å². The zero-order chi connectivity index (χ0) is 18.5. The number of hydrogen-bond acceptors (Lipinski definition) is 5. The molecule has 0 amide bonds. The molecule has 3 heterocycles. The van der Waals surface area contributed by atoms with Gasteiger partial charge in [-0.1, -0.05) is 23.4 Å². The second kappa shape index (κ2) is 10.2. The molecule has 0 spiro atoms. The summed E-state index contributed by atoms with van der Waals surface area (Å²) >= 11 is 1.79. The number of piperazine rings is 1. The van der Waals surface area contributed by atoms with E-state index in [2.05, 4.69) is 56.8 Å². The van der Waals surface area contributed by atoms with Crippen molar-refractivity contribution in [1.82, 2.24) is 20.3 Å². The minimum atomic E-state index is 0. The van der Waals surface area contributed by atoms with Gasteiger partial charge in [0.05, 0.1) is 12.2 Å². The monoisotopic (exact) mass is 511 g/mol. The van der Waals surface area contributed by atoms with E-state index in [9.17, 15) is 0 Å². The van der Waals surface area contributed by atoms with Crippen LogP contribution in [0.4, 0.5) is 0 Å². The molecule has 4 rings (SSSR count). The highest BCUT2D eigenvalue weighted by molar-refractivity contribution is 14.0. The Hall–Kier alpha value is -1.65. The number of hydrogen-bond donors (Lipinski definition) is 1. The number of benzene rings is 1. The predicted octanol–water partition coefficient (Wildman–Crippen LogP) is 3.79. The highest BCUT2D eigenvalue weighted by atomic mass is 127. The second-order valence-corrected chi connectivity index (χ2v) is 7.59. The fourth-order valence-electron chi connectivity index (χ4n) is 3.41. The molecule has 8 heteroatoms. The molecule has 150 valence electrons. The van der Waals surface area contributed by atoms with Gasteiger partial charge in [0.25, 0.3) is 0 Å². The van der Waals surface area contributed by atoms with Crippen molar-refractivity contribution < 1.29 is 4.52 Å². The van der Waals surface area contributed by atoms with Gasteiger partial charge in [-0.3, -0.25) is 4.90 Å². The smallest absolute Gasteiger partial charge is 0.194 e. The number of halogens is 1. The number of fused-ring (bicyclic) bond motifs is 1. The number of aromatic nitrogens is 1. The standard InChI is InChI=1S/C20H25N5OS.HI/c1-2-21-20(22-13-16-15-27-19-6-4-3-5-18(16)19)25-10-8-24(9-11-25)14-17-7-12-26-23-17;/h3-7,12,15H,2,8-11,13-14H2,1H3,(H,21,22);1H. The molecule has 1 aromatic carbocycles. The van der Waals surface area contributed by atoms with Crippen LogP contribution in [0.15, 0.2) is 51.5 Å². The SMILES string of the molecule is CCNC(=NCc1csc2ccccc12)N1CCN(Cc2ccon2)CC1.I. The second-order valence-electron chi connectivity index (χ2n) is 6.68. The highest BCUT2D eigenvalue weighted by Crippen LogP contribution is 2.26. The van der Waals surface area contributed by atoms with Gasteiger partial charge in [0.15, 0.2) is 5.96 Å². The molecule has 1 aliphatic rings. The summed E-state index contributed by atoms with van der Waals surface area (Å²) in [6, 6.07) is 10.5. The van der Waals surface area contributed by atoms with E-state index < -0.39 is 0 Å². The Morgan fingerprint density at radius 3 is 2.79 bits per heavy atom. The zero-order valence-electron chi connectivity index (χ0n) is 16.0. The molecule has 2 aromatic heterocycles. The third-order valence-electron chi connectivity index (χ3n) is 4.84. The molecule has 0 atom stereocenters. The van der Waals surface area contributed by atoms with Crippen molar-refractivity contribution in [3.8, 4) is 0 Å². The maximum absolute atomic E-state index is 4.93. The average molecular weight is 511 g/mol. The van der Waals surface area contributed by atoms with E-state index >= 15 is 0 Å². The molecule has 1 fully saturated rings. The third-order valence-corrected chi connectivity index (χ3v) is 5.86. The number of thiophene rings is 1. The lowest BCUT2D eigenvalue weighted by Crippen LogP contribution is -2.52. The summed E-state index contributed by atoms with van der Waals surface area (Å²) < 4.78 is 6.26. The van der Waals surface area contributed by atoms with Gasteiger partial charge in [-0.25, -0.2) is 4.99 Å². The molecule has 0 saturated carbocycles. The molecule has 0 aliphatic carbocycles. The maximum Gasteiger partial charge on any atom is 0.194 e. The van der Waals surface area contributed by atoms with Gasteiger partial charge in [0.1, 0.15) is 6.26 Å². The van der Waals surface area contributed by atoms with E-state index in [1.807, 2.05) is 6.07 Å². The van der Waals surface area contributed by atoms with Crippen molar-refractivity contribution >= 4 is 51.4 Å². The summed E-state index contributed by atoms with van der Waals surface area (Å²) in [5.74, 6) is 1.01. The van der Waals surface area contributed by atoms with Gasteiger partial charge in [-0.05, 0) is 29.3 Å². The van der Waals surface area contributed by atoms with Gasteiger partial charge in [-0.15, -0.1) is 35.3 Å². The molecule has 3 aromatic rings. The highest BCUT2D eigenvalue weighted by Gasteiger charge is 2.20. The fourth-order valence-corrected chi connectivity index (χ4v) is 4.36. The van der Waals surface area contributed by atoms with Gasteiger partial charge in [0.2, 0.25) is 0 Å². The summed E-state index contributed by atoms with van der Waals surface area (Å²) in [4.78, 5) is 9.69. The fraction of sp³-hybridized carbons (Fsp3) is 0.400. The van der Waals surface area contributed by atoms with E-state index in [0.29, 0.717) is 6.54 Å². The molecular weight excluding hydrogens is 485 g/mol. The van der Waals surface area contributed by atoms with Gasteiger partial charge in [-0.2, -0.15) is 0 Å². The maximum atomic E-state index is 4.93. The summed E-state index contributed by atoms with van der Waals surface area (Å²) in [6.07, 6.45) is 1.63. The Morgan fingerprint density at radius 2 is 2.04 bits per heavy atom. The van der Waals surface area contributed by atoms with Crippen LogP contribution in [-0.2, 0) is 13.1 Å². The van der Waals surface area contributed by atoms with Gasteiger partial charge >= 0.3 is 0 Å². The van der Waals surface area contributed by atoms with Crippen LogP contribution < -0.4 is 5.32 Å². The van der Waals surface area contributed by atoms with Crippen LogP contribution in [0.1, 0.15) is 18.2 Å². The van der Waals surface area contributed by atoms with E-state index in [-0.39, 0.29) is 24.0 Å². The van der Waals surface area contributed by atoms with E-state index in [0.717, 1.165) is 50.9 Å². The Labute approximate surface area is 186 Å². The van der Waals surface area contributed by atoms with Crippen LogP contribution in [0.5, 0.6) is 0 Å². The summed E-state index contributed by atoms with van der Waals surface area (Å²) in [5.41, 5.74) is 2.30. The normalized spacial score (nSPS) is 15.6. The van der Waals surface area contributed by atoms with Crippen molar-refractivity contribution in [2.24, 2.45) is 4.99 Å². The van der Waals surface area contributed by atoms with Crippen LogP contribution in [-0.4, -0.2) is 53.6 Å². The lowest BCUT2D eigenvalue weighted by atomic mass is 10.2. The van der Waals surface area contributed by atoms with Crippen LogP contribution in [0, 0.1) is 0 Å². The predicted molar refractivity (Wildman–Crippen MR) is 125 cm³/mol. The topological polar surface area (TPSA) is 56.9 Å². The van der Waals surface area contributed by atoms with Gasteiger partial charge < -0.3 is 14.7 Å². The van der Waals surface area contributed by atoms with Crippen LogP contribution in [0.3, 0.4) is 0 Å². The van der Waals surface area contributed by atoms with Gasteiger partial charge in [0, 0.05) is 50.0 Å². The van der Waals surface area contributed by atoms with Crippen LogP contribution in [0.2, 0.25) is 0 Å². The molecule has 1 saturated heterocycles. The molecular formula is C20H26IN5OS. The van der Waals surface area contributed by atoms with Crippen molar-refractivity contribution in [2.45, 2.75) is 20.0 Å². The zero-order valence-corrected chi connectivity index (χ0v) is 19.2. The first kappa shape index (κ1) is 21.1. The number of guanidine groups is 1. The number of nitrogens with zero attached hydrogens (tertiary/aromatic N) is 4. The van der Waals surface area contributed by atoms with E-state index in [4.69, 9.17) is 9.52 Å². The molecule has 28 heavy (non-hydrogen) atoms. The third kappa shape index (κ3) is 5.03. The lowest BCUT2D eigenvalue weighted by Gasteiger charge is -2.36. The summed E-state index contributed by atoms with van der Waals surface area (Å²) in [6.45, 7) is 8.49. The molecule has 0 bridgehead atoms. The largest absolute Gasteiger partial charge is 0.364 e. The van der Waals surface area contributed by atoms with E-state index in [1.165, 1.54) is 15.6 Å². The Balaban J connectivity index is 0.00000225. The van der Waals surface area contributed by atoms with Crippen molar-refractivity contribution in [2.75, 3.05) is 32.7 Å². The Kier molecular flexibility index (Phi) is 7.69. The Bertz CT molecular complexity index is 887. The quantitative estimate of drug-likeness (QED) is 0.321. The number of aliphatic imine (C=N–C) groups is 1. The molecule has 1 aliphatic heterocycles. The van der Waals surface area contributed by atoms with Crippen LogP contribution in [0.25, 0.3) is 10.1 Å². The molecule has 0 unspecified atom stereocenters. The molecule has 6 nitrogen and oxygen atoms in total. The summed E-state index contributed by atoms with van der Waals surface area (Å²) in [5, 5.41) is 11.0. The summed E-state index contributed by atoms with van der Waals surface area (Å²) in [7, 11) is 0. The molecule has 1 N–H and O–H groups in total. The van der Waals surface area contributed by atoms with E-state index in [1.54, 1.807) is 17.6 Å². The number of rotatable bonds is 5.